The van der Waals surface area contributed by atoms with Gasteiger partial charge in [-0.3, -0.25) is 0 Å². The van der Waals surface area contributed by atoms with Crippen LogP contribution in [-0.2, 0) is 6.42 Å². The van der Waals surface area contributed by atoms with Crippen LogP contribution in [-0.4, -0.2) is 12.6 Å². The number of urea groups is 1. The second-order valence-electron chi connectivity index (χ2n) is 4.35. The Kier molecular flexibility index (Phi) is 4.81. The first-order valence-electron chi connectivity index (χ1n) is 6.29. The normalized spacial score (nSPS) is 10.2. The van der Waals surface area contributed by atoms with Crippen molar-refractivity contribution in [3.63, 3.8) is 0 Å². The second kappa shape index (κ2) is 6.78. The summed E-state index contributed by atoms with van der Waals surface area (Å²) < 4.78 is 39.4. The molecule has 2 aromatic rings. The number of carbonyl (C=O) groups excluding carboxylic acids is 1. The van der Waals surface area contributed by atoms with Crippen LogP contribution in [0.4, 0.5) is 23.7 Å². The minimum atomic E-state index is -0.862. The number of hydrogen-bond acceptors (Lipinski definition) is 1. The summed E-state index contributed by atoms with van der Waals surface area (Å²) in [5, 5.41) is 4.72. The molecule has 0 aliphatic rings. The first-order chi connectivity index (χ1) is 10.1. The van der Waals surface area contributed by atoms with Crippen molar-refractivity contribution in [1.82, 2.24) is 5.32 Å². The predicted molar refractivity (Wildman–Crippen MR) is 73.5 cm³/mol. The van der Waals surface area contributed by atoms with Crippen LogP contribution < -0.4 is 10.6 Å². The zero-order valence-corrected chi connectivity index (χ0v) is 11.0. The zero-order chi connectivity index (χ0) is 15.2. The summed E-state index contributed by atoms with van der Waals surface area (Å²) in [6, 6.07) is 8.44. The summed E-state index contributed by atoms with van der Waals surface area (Å²) in [6.07, 6.45) is 0.312. The van der Waals surface area contributed by atoms with Crippen molar-refractivity contribution >= 4 is 11.7 Å². The van der Waals surface area contributed by atoms with E-state index in [-0.39, 0.29) is 18.0 Å². The van der Waals surface area contributed by atoms with Crippen LogP contribution in [0.15, 0.2) is 42.5 Å². The molecular formula is C15H13F3N2O. The lowest BCUT2D eigenvalue weighted by Gasteiger charge is -2.09. The van der Waals surface area contributed by atoms with Gasteiger partial charge in [0, 0.05) is 12.6 Å². The standard InChI is InChI=1S/C15H13F3N2O/c16-11-5-6-14(13(18)9-11)20-15(21)19-8-7-10-3-1-2-4-12(10)17/h1-6,9H,7-8H2,(H2,19,20,21). The number of rotatable bonds is 4. The number of hydrogen-bond donors (Lipinski definition) is 2. The molecule has 6 heteroatoms. The Balaban J connectivity index is 1.84. The minimum absolute atomic E-state index is 0.125. The van der Waals surface area contributed by atoms with Crippen molar-refractivity contribution in [2.45, 2.75) is 6.42 Å². The van der Waals surface area contributed by atoms with Crippen molar-refractivity contribution in [2.75, 3.05) is 11.9 Å². The number of nitrogens with one attached hydrogen (secondary N) is 2. The molecule has 0 aliphatic heterocycles. The van der Waals surface area contributed by atoms with E-state index in [9.17, 15) is 18.0 Å². The molecule has 0 heterocycles. The Morgan fingerprint density at radius 3 is 2.48 bits per heavy atom. The molecule has 0 bridgehead atoms. The van der Waals surface area contributed by atoms with Crippen LogP contribution in [0, 0.1) is 17.5 Å². The molecule has 2 rings (SSSR count). The lowest BCUT2D eigenvalue weighted by molar-refractivity contribution is 0.252. The lowest BCUT2D eigenvalue weighted by Crippen LogP contribution is -2.30. The molecule has 110 valence electrons. The first kappa shape index (κ1) is 14.9. The molecular weight excluding hydrogens is 281 g/mol. The van der Waals surface area contributed by atoms with Crippen molar-refractivity contribution in [3.05, 3.63) is 65.5 Å². The molecule has 3 nitrogen and oxygen atoms in total. The predicted octanol–water partition coefficient (Wildman–Crippen LogP) is 3.47. The third kappa shape index (κ3) is 4.24. The van der Waals surface area contributed by atoms with E-state index in [4.69, 9.17) is 0 Å². The van der Waals surface area contributed by atoms with Gasteiger partial charge >= 0.3 is 6.03 Å². The summed E-state index contributed by atoms with van der Waals surface area (Å²) in [6.45, 7) is 0.190. The maximum Gasteiger partial charge on any atom is 0.319 e. The molecule has 2 amide bonds. The van der Waals surface area contributed by atoms with Gasteiger partial charge in [-0.05, 0) is 30.2 Å². The van der Waals surface area contributed by atoms with Gasteiger partial charge in [-0.25, -0.2) is 18.0 Å². The number of benzene rings is 2. The molecule has 0 unspecified atom stereocenters. The molecule has 0 spiro atoms. The zero-order valence-electron chi connectivity index (χ0n) is 11.0. The van der Waals surface area contributed by atoms with E-state index in [2.05, 4.69) is 10.6 Å². The number of amides is 2. The Hall–Kier alpha value is -2.50. The van der Waals surface area contributed by atoms with E-state index in [1.807, 2.05) is 0 Å². The summed E-state index contributed by atoms with van der Waals surface area (Å²) in [5.74, 6) is -1.93. The third-order valence-electron chi connectivity index (χ3n) is 2.82. The minimum Gasteiger partial charge on any atom is -0.338 e. The molecule has 0 saturated heterocycles. The van der Waals surface area contributed by atoms with Crippen LogP contribution in [0.1, 0.15) is 5.56 Å². The van der Waals surface area contributed by atoms with Crippen molar-refractivity contribution < 1.29 is 18.0 Å². The monoisotopic (exact) mass is 294 g/mol. The Morgan fingerprint density at radius 1 is 1.00 bits per heavy atom. The Labute approximate surface area is 119 Å². The van der Waals surface area contributed by atoms with Crippen LogP contribution in [0.5, 0.6) is 0 Å². The molecule has 21 heavy (non-hydrogen) atoms. The van der Waals surface area contributed by atoms with Crippen LogP contribution in [0.3, 0.4) is 0 Å². The molecule has 2 N–H and O–H groups in total. The smallest absolute Gasteiger partial charge is 0.319 e. The van der Waals surface area contributed by atoms with Gasteiger partial charge in [0.1, 0.15) is 17.5 Å². The highest BCUT2D eigenvalue weighted by molar-refractivity contribution is 5.89. The van der Waals surface area contributed by atoms with Gasteiger partial charge in [0.15, 0.2) is 0 Å². The van der Waals surface area contributed by atoms with Crippen LogP contribution in [0.2, 0.25) is 0 Å². The highest BCUT2D eigenvalue weighted by Gasteiger charge is 2.08. The van der Waals surface area contributed by atoms with Gasteiger partial charge in [-0.15, -0.1) is 0 Å². The molecule has 0 fully saturated rings. The average molecular weight is 294 g/mol. The molecule has 0 radical (unpaired) electrons. The molecule has 0 aliphatic carbocycles. The molecule has 0 atom stereocenters. The summed E-state index contributed by atoms with van der Waals surface area (Å²) >= 11 is 0. The van der Waals surface area contributed by atoms with E-state index in [1.54, 1.807) is 18.2 Å². The summed E-state index contributed by atoms with van der Waals surface area (Å²) in [7, 11) is 0. The summed E-state index contributed by atoms with van der Waals surface area (Å²) in [5.41, 5.74) is 0.352. The van der Waals surface area contributed by atoms with Gasteiger partial charge in [-0.2, -0.15) is 0 Å². The fraction of sp³-hybridized carbons (Fsp3) is 0.133. The van der Waals surface area contributed by atoms with E-state index >= 15 is 0 Å². The largest absolute Gasteiger partial charge is 0.338 e. The third-order valence-corrected chi connectivity index (χ3v) is 2.82. The van der Waals surface area contributed by atoms with Crippen LogP contribution >= 0.6 is 0 Å². The maximum absolute atomic E-state index is 13.3. The Bertz CT molecular complexity index is 647. The number of halogens is 3. The number of anilines is 1. The lowest BCUT2D eigenvalue weighted by atomic mass is 10.1. The van der Waals surface area contributed by atoms with E-state index in [0.717, 1.165) is 12.1 Å². The molecule has 0 aromatic heterocycles. The first-order valence-corrected chi connectivity index (χ1v) is 6.29. The SMILES string of the molecule is O=C(NCCc1ccccc1F)Nc1ccc(F)cc1F. The number of carbonyl (C=O) groups is 1. The van der Waals surface area contributed by atoms with E-state index in [0.29, 0.717) is 18.1 Å². The molecule has 2 aromatic carbocycles. The van der Waals surface area contributed by atoms with Crippen molar-refractivity contribution in [2.24, 2.45) is 0 Å². The fourth-order valence-corrected chi connectivity index (χ4v) is 1.77. The van der Waals surface area contributed by atoms with Crippen molar-refractivity contribution in [1.29, 1.82) is 0 Å². The van der Waals surface area contributed by atoms with Crippen LogP contribution in [0.25, 0.3) is 0 Å². The second-order valence-corrected chi connectivity index (χ2v) is 4.35. The molecule has 0 saturated carbocycles. The average Bonchev–Trinajstić information content (AvgIpc) is 2.44. The van der Waals surface area contributed by atoms with Gasteiger partial charge in [0.2, 0.25) is 0 Å². The summed E-state index contributed by atoms with van der Waals surface area (Å²) in [4.78, 5) is 11.5. The van der Waals surface area contributed by atoms with Gasteiger partial charge < -0.3 is 10.6 Å². The van der Waals surface area contributed by atoms with Gasteiger partial charge in [0.25, 0.3) is 0 Å². The van der Waals surface area contributed by atoms with E-state index < -0.39 is 17.7 Å². The topological polar surface area (TPSA) is 41.1 Å². The Morgan fingerprint density at radius 2 is 1.76 bits per heavy atom. The van der Waals surface area contributed by atoms with Gasteiger partial charge in [-0.1, -0.05) is 18.2 Å². The fourth-order valence-electron chi connectivity index (χ4n) is 1.77. The van der Waals surface area contributed by atoms with Gasteiger partial charge in [0.05, 0.1) is 5.69 Å². The maximum atomic E-state index is 13.3. The highest BCUT2D eigenvalue weighted by Crippen LogP contribution is 2.14. The quantitative estimate of drug-likeness (QED) is 0.890. The van der Waals surface area contributed by atoms with E-state index in [1.165, 1.54) is 6.07 Å². The highest BCUT2D eigenvalue weighted by atomic mass is 19.1. The van der Waals surface area contributed by atoms with Crippen molar-refractivity contribution in [3.8, 4) is 0 Å².